The van der Waals surface area contributed by atoms with Crippen LogP contribution in [-0.4, -0.2) is 51.3 Å². The van der Waals surface area contributed by atoms with E-state index in [9.17, 15) is 4.79 Å². The highest BCUT2D eigenvalue weighted by Gasteiger charge is 2.38. The van der Waals surface area contributed by atoms with E-state index in [1.165, 1.54) is 37.1 Å². The van der Waals surface area contributed by atoms with Gasteiger partial charge in [-0.1, -0.05) is 24.3 Å². The topological polar surface area (TPSA) is 40.9 Å². The normalized spacial score (nSPS) is 27.9. The molecule has 3 aromatic rings. The number of nitrogens with zero attached hydrogens (tertiary/aromatic N) is 4. The molecule has 2 bridgehead atoms. The molecule has 2 atom stereocenters. The van der Waals surface area contributed by atoms with Crippen LogP contribution in [0.5, 0.6) is 0 Å². The molecule has 0 N–H and O–H groups in total. The van der Waals surface area contributed by atoms with Crippen LogP contribution in [0.1, 0.15) is 42.0 Å². The predicted molar refractivity (Wildman–Crippen MR) is 116 cm³/mol. The fourth-order valence-electron chi connectivity index (χ4n) is 5.95. The number of benzene rings is 1. The van der Waals surface area contributed by atoms with Crippen molar-refractivity contribution in [2.45, 2.75) is 31.7 Å². The summed E-state index contributed by atoms with van der Waals surface area (Å²) in [5.41, 5.74) is 4.71. The van der Waals surface area contributed by atoms with Crippen molar-refractivity contribution in [1.29, 1.82) is 0 Å². The minimum absolute atomic E-state index is 0.0229. The largest absolute Gasteiger partial charge is 0.331 e. The van der Waals surface area contributed by atoms with Gasteiger partial charge in [0.05, 0.1) is 6.04 Å². The number of carbonyl (C=O) groups is 1. The zero-order valence-electron chi connectivity index (χ0n) is 17.3. The molecule has 0 unspecified atom stereocenters. The molecule has 3 fully saturated rings. The lowest BCUT2D eigenvalue weighted by Crippen LogP contribution is -2.49. The lowest BCUT2D eigenvalue weighted by atomic mass is 9.77. The molecular formula is C25H28N4O. The van der Waals surface area contributed by atoms with E-state index in [0.29, 0.717) is 18.2 Å². The van der Waals surface area contributed by atoms with Crippen LogP contribution in [0, 0.1) is 11.8 Å². The minimum atomic E-state index is -0.0229. The zero-order valence-corrected chi connectivity index (χ0v) is 17.3. The van der Waals surface area contributed by atoms with Crippen LogP contribution in [-0.2, 0) is 11.2 Å². The summed E-state index contributed by atoms with van der Waals surface area (Å²) < 4.78 is 2.03. The van der Waals surface area contributed by atoms with E-state index in [0.717, 1.165) is 36.6 Å². The second-order valence-electron chi connectivity index (χ2n) is 9.19. The molecule has 0 spiro atoms. The van der Waals surface area contributed by atoms with Gasteiger partial charge in [0.2, 0.25) is 5.91 Å². The van der Waals surface area contributed by atoms with Crippen LogP contribution < -0.4 is 0 Å². The molecule has 2 aromatic heterocycles. The number of pyridine rings is 1. The number of amides is 1. The average molecular weight is 401 g/mol. The van der Waals surface area contributed by atoms with E-state index >= 15 is 0 Å². The molecule has 30 heavy (non-hydrogen) atoms. The van der Waals surface area contributed by atoms with E-state index in [-0.39, 0.29) is 6.04 Å². The fraction of sp³-hybridized carbons (Fsp3) is 0.440. The highest BCUT2D eigenvalue weighted by atomic mass is 16.2. The molecule has 4 aliphatic rings. The molecule has 1 amide bonds. The van der Waals surface area contributed by atoms with Crippen LogP contribution in [0.2, 0.25) is 0 Å². The third-order valence-electron chi connectivity index (χ3n) is 7.57. The van der Waals surface area contributed by atoms with Crippen molar-refractivity contribution < 1.29 is 4.79 Å². The number of hydrogen-bond donors (Lipinski definition) is 0. The molecule has 3 saturated heterocycles. The molecule has 1 aromatic carbocycles. The SMILES string of the molecule is O=C(C[C@@H]1CN2CCC1CC2)N1CCc2ccccc2[C@H]1c1ccn2ccnc2c1. The Morgan fingerprint density at radius 2 is 1.93 bits per heavy atom. The van der Waals surface area contributed by atoms with Crippen LogP contribution >= 0.6 is 0 Å². The maximum absolute atomic E-state index is 13.6. The van der Waals surface area contributed by atoms with E-state index in [1.54, 1.807) is 0 Å². The van der Waals surface area contributed by atoms with Gasteiger partial charge in [-0.3, -0.25) is 4.79 Å². The van der Waals surface area contributed by atoms with Crippen molar-refractivity contribution in [3.63, 3.8) is 0 Å². The number of piperidine rings is 3. The summed E-state index contributed by atoms with van der Waals surface area (Å²) in [7, 11) is 0. The molecular weight excluding hydrogens is 372 g/mol. The number of carbonyl (C=O) groups excluding carboxylic acids is 1. The molecule has 5 nitrogen and oxygen atoms in total. The van der Waals surface area contributed by atoms with Crippen molar-refractivity contribution in [3.05, 3.63) is 71.7 Å². The van der Waals surface area contributed by atoms with Crippen LogP contribution in [0.25, 0.3) is 5.65 Å². The highest BCUT2D eigenvalue weighted by molar-refractivity contribution is 5.78. The van der Waals surface area contributed by atoms with Gasteiger partial charge in [-0.25, -0.2) is 4.98 Å². The summed E-state index contributed by atoms with van der Waals surface area (Å²) in [6.45, 7) is 4.34. The van der Waals surface area contributed by atoms with Gasteiger partial charge < -0.3 is 14.2 Å². The molecule has 0 saturated carbocycles. The molecule has 0 aliphatic carbocycles. The van der Waals surface area contributed by atoms with Crippen molar-refractivity contribution in [3.8, 4) is 0 Å². The number of rotatable bonds is 3. The van der Waals surface area contributed by atoms with E-state index in [2.05, 4.69) is 57.4 Å². The Labute approximate surface area is 177 Å². The second-order valence-corrected chi connectivity index (χ2v) is 9.19. The van der Waals surface area contributed by atoms with Gasteiger partial charge in [-0.15, -0.1) is 0 Å². The number of fused-ring (bicyclic) bond motifs is 5. The summed E-state index contributed by atoms with van der Waals surface area (Å²) in [6.07, 6.45) is 10.00. The Bertz CT molecular complexity index is 1080. The summed E-state index contributed by atoms with van der Waals surface area (Å²) in [4.78, 5) is 22.8. The van der Waals surface area contributed by atoms with Gasteiger partial charge >= 0.3 is 0 Å². The average Bonchev–Trinajstić information content (AvgIpc) is 3.27. The summed E-state index contributed by atoms with van der Waals surface area (Å²) in [5, 5.41) is 0. The van der Waals surface area contributed by atoms with Gasteiger partial charge in [-0.05, 0) is 73.0 Å². The van der Waals surface area contributed by atoms with Gasteiger partial charge in [0.15, 0.2) is 0 Å². The Morgan fingerprint density at radius 1 is 1.07 bits per heavy atom. The molecule has 5 heteroatoms. The maximum Gasteiger partial charge on any atom is 0.223 e. The monoisotopic (exact) mass is 400 g/mol. The first kappa shape index (κ1) is 18.1. The number of hydrogen-bond acceptors (Lipinski definition) is 3. The summed E-state index contributed by atoms with van der Waals surface area (Å²) in [6, 6.07) is 12.9. The first-order valence-electron chi connectivity index (χ1n) is 11.3. The number of aromatic nitrogens is 2. The molecule has 154 valence electrons. The van der Waals surface area contributed by atoms with E-state index < -0.39 is 0 Å². The number of imidazole rings is 1. The quantitative estimate of drug-likeness (QED) is 0.675. The zero-order chi connectivity index (χ0) is 20.1. The Kier molecular flexibility index (Phi) is 4.38. The molecule has 6 heterocycles. The molecule has 4 aliphatic heterocycles. The lowest BCUT2D eigenvalue weighted by molar-refractivity contribution is -0.136. The van der Waals surface area contributed by atoms with Gasteiger partial charge in [0.1, 0.15) is 5.65 Å². The Morgan fingerprint density at radius 3 is 2.77 bits per heavy atom. The van der Waals surface area contributed by atoms with Crippen LogP contribution in [0.15, 0.2) is 55.0 Å². The maximum atomic E-state index is 13.6. The van der Waals surface area contributed by atoms with Crippen molar-refractivity contribution in [1.82, 2.24) is 19.2 Å². The van der Waals surface area contributed by atoms with E-state index in [1.807, 2.05) is 16.8 Å². The minimum Gasteiger partial charge on any atom is -0.331 e. The first-order valence-corrected chi connectivity index (χ1v) is 11.3. The standard InChI is InChI=1S/C25H28N4O/c30-24(16-21-17-27-10-5-18(21)6-11-27)29-13-8-19-3-1-2-4-22(19)25(29)20-7-12-28-14-9-26-23(28)15-20/h1-4,7,9,12,14-15,18,21,25H,5-6,8,10-11,13,16-17H2/t21-,25-/m1/s1. The molecule has 7 rings (SSSR count). The molecule has 0 radical (unpaired) electrons. The Balaban J connectivity index is 1.34. The van der Waals surface area contributed by atoms with Crippen LogP contribution in [0.3, 0.4) is 0 Å². The van der Waals surface area contributed by atoms with Gasteiger partial charge in [0, 0.05) is 38.1 Å². The lowest BCUT2D eigenvalue weighted by Gasteiger charge is -2.46. The first-order chi connectivity index (χ1) is 14.8. The van der Waals surface area contributed by atoms with Crippen molar-refractivity contribution >= 4 is 11.6 Å². The highest BCUT2D eigenvalue weighted by Crippen LogP contribution is 2.39. The van der Waals surface area contributed by atoms with Crippen molar-refractivity contribution in [2.24, 2.45) is 11.8 Å². The smallest absolute Gasteiger partial charge is 0.223 e. The third-order valence-corrected chi connectivity index (χ3v) is 7.57. The second kappa shape index (κ2) is 7.24. The predicted octanol–water partition coefficient (Wildman–Crippen LogP) is 3.54. The van der Waals surface area contributed by atoms with Crippen LogP contribution in [0.4, 0.5) is 0 Å². The van der Waals surface area contributed by atoms with Gasteiger partial charge in [0.25, 0.3) is 0 Å². The Hall–Kier alpha value is -2.66. The van der Waals surface area contributed by atoms with E-state index in [4.69, 9.17) is 0 Å². The fourth-order valence-corrected chi connectivity index (χ4v) is 5.95. The van der Waals surface area contributed by atoms with Gasteiger partial charge in [-0.2, -0.15) is 0 Å². The summed E-state index contributed by atoms with van der Waals surface area (Å²) >= 11 is 0. The van der Waals surface area contributed by atoms with Crippen molar-refractivity contribution in [2.75, 3.05) is 26.2 Å². The summed E-state index contributed by atoms with van der Waals surface area (Å²) in [5.74, 6) is 1.57. The third kappa shape index (κ3) is 3.03.